The average molecular weight is 386 g/mol. The lowest BCUT2D eigenvalue weighted by Crippen LogP contribution is -2.51. The lowest BCUT2D eigenvalue weighted by molar-refractivity contribution is -0.140. The Morgan fingerprint density at radius 2 is 1.69 bits per heavy atom. The Labute approximate surface area is 171 Å². The molecular weight excluding hydrogens is 358 g/mol. The molecule has 4 aliphatic carbocycles. The number of imidazole rings is 1. The number of amides is 1. The number of carbonyl (C=O) groups excluding carboxylic acids is 1. The minimum Gasteiger partial charge on any atom is -0.326 e. The summed E-state index contributed by atoms with van der Waals surface area (Å²) in [6.45, 7) is 2.08. The van der Waals surface area contributed by atoms with Gasteiger partial charge in [-0.2, -0.15) is 0 Å². The number of carbonyl (C=O) groups is 1. The Hall–Kier alpha value is -2.62. The largest absolute Gasteiger partial charge is 0.326 e. The van der Waals surface area contributed by atoms with Crippen LogP contribution >= 0.6 is 0 Å². The molecule has 1 N–H and O–H groups in total. The van der Waals surface area contributed by atoms with Gasteiger partial charge in [0, 0.05) is 23.6 Å². The summed E-state index contributed by atoms with van der Waals surface area (Å²) in [4.78, 5) is 18.0. The summed E-state index contributed by atoms with van der Waals surface area (Å²) in [6, 6.07) is 12.3. The fourth-order valence-electron chi connectivity index (χ4n) is 6.67. The fourth-order valence-corrected chi connectivity index (χ4v) is 6.67. The smallest absolute Gasteiger partial charge is 0.230 e. The lowest BCUT2D eigenvalue weighted by atomic mass is 9.49. The average Bonchev–Trinajstić information content (AvgIpc) is 3.13. The fraction of sp³-hybridized carbons (Fsp3) is 0.440. The van der Waals surface area contributed by atoms with Crippen LogP contribution in [0.25, 0.3) is 16.9 Å². The zero-order chi connectivity index (χ0) is 19.6. The molecule has 3 aromatic rings. The third kappa shape index (κ3) is 2.80. The molecule has 0 radical (unpaired) electrons. The number of hydrogen-bond donors (Lipinski definition) is 1. The van der Waals surface area contributed by atoms with E-state index in [1.807, 2.05) is 24.4 Å². The highest BCUT2D eigenvalue weighted by Gasteiger charge is 2.54. The van der Waals surface area contributed by atoms with Crippen LogP contribution in [0.5, 0.6) is 0 Å². The number of rotatable bonds is 3. The highest BCUT2D eigenvalue weighted by Crippen LogP contribution is 2.60. The van der Waals surface area contributed by atoms with Crippen LogP contribution in [0.1, 0.15) is 44.1 Å². The Morgan fingerprint density at radius 3 is 2.31 bits per heavy atom. The topological polar surface area (TPSA) is 46.4 Å². The van der Waals surface area contributed by atoms with Gasteiger partial charge in [0.25, 0.3) is 0 Å². The van der Waals surface area contributed by atoms with Crippen LogP contribution in [-0.4, -0.2) is 15.3 Å². The second-order valence-corrected chi connectivity index (χ2v) is 9.78. The van der Waals surface area contributed by atoms with E-state index in [-0.39, 0.29) is 11.3 Å². The van der Waals surface area contributed by atoms with Crippen LogP contribution in [0.3, 0.4) is 0 Å². The molecule has 0 unspecified atom stereocenters. The van der Waals surface area contributed by atoms with Gasteiger partial charge in [-0.3, -0.25) is 4.79 Å². The lowest BCUT2D eigenvalue weighted by Gasteiger charge is -2.55. The number of benzene rings is 1. The van der Waals surface area contributed by atoms with Gasteiger partial charge in [-0.05, 0) is 87.0 Å². The van der Waals surface area contributed by atoms with Crippen molar-refractivity contribution in [2.24, 2.45) is 23.2 Å². The molecule has 7 rings (SSSR count). The number of hydrogen-bond acceptors (Lipinski definition) is 2. The van der Waals surface area contributed by atoms with E-state index in [0.29, 0.717) is 0 Å². The van der Waals surface area contributed by atoms with Gasteiger partial charge >= 0.3 is 0 Å². The molecule has 2 aromatic heterocycles. The molecule has 4 nitrogen and oxygen atoms in total. The predicted molar refractivity (Wildman–Crippen MR) is 115 cm³/mol. The molecule has 29 heavy (non-hydrogen) atoms. The number of pyridine rings is 1. The van der Waals surface area contributed by atoms with Crippen molar-refractivity contribution >= 4 is 17.2 Å². The van der Waals surface area contributed by atoms with Crippen LogP contribution < -0.4 is 5.32 Å². The van der Waals surface area contributed by atoms with Gasteiger partial charge in [-0.25, -0.2) is 4.98 Å². The second kappa shape index (κ2) is 6.19. The standard InChI is InChI=1S/C25H27N3O/c1-16-3-2-8-28-15-22(27-23(16)28)20-4-6-21(7-5-20)26-24(29)25-12-17-9-18(13-25)11-19(10-17)14-25/h2-8,15,17-19H,9-14H2,1H3,(H,26,29). The van der Waals surface area contributed by atoms with Gasteiger partial charge in [0.2, 0.25) is 5.91 Å². The normalized spacial score (nSPS) is 30.0. The summed E-state index contributed by atoms with van der Waals surface area (Å²) >= 11 is 0. The SMILES string of the molecule is Cc1cccn2cc(-c3ccc(NC(=O)C45CC6CC(CC(C6)C4)C5)cc3)nc12. The summed E-state index contributed by atoms with van der Waals surface area (Å²) in [5.74, 6) is 2.61. The van der Waals surface area contributed by atoms with E-state index in [1.54, 1.807) is 0 Å². The van der Waals surface area contributed by atoms with Gasteiger partial charge in [-0.15, -0.1) is 0 Å². The Kier molecular flexibility index (Phi) is 3.68. The molecule has 0 atom stereocenters. The molecule has 4 heteroatoms. The maximum atomic E-state index is 13.2. The number of nitrogens with one attached hydrogen (secondary N) is 1. The molecule has 0 saturated heterocycles. The third-order valence-corrected chi connectivity index (χ3v) is 7.64. The van der Waals surface area contributed by atoms with Crippen molar-refractivity contribution in [3.05, 3.63) is 54.4 Å². The van der Waals surface area contributed by atoms with Gasteiger partial charge in [0.15, 0.2) is 0 Å². The van der Waals surface area contributed by atoms with E-state index < -0.39 is 0 Å². The van der Waals surface area contributed by atoms with Crippen LogP contribution in [0.4, 0.5) is 5.69 Å². The number of aryl methyl sites for hydroxylation is 1. The van der Waals surface area contributed by atoms with E-state index in [9.17, 15) is 4.79 Å². The van der Waals surface area contributed by atoms with Crippen molar-refractivity contribution in [3.63, 3.8) is 0 Å². The van der Waals surface area contributed by atoms with Gasteiger partial charge < -0.3 is 9.72 Å². The van der Waals surface area contributed by atoms with E-state index in [0.717, 1.165) is 59.6 Å². The Bertz CT molecular complexity index is 1060. The zero-order valence-electron chi connectivity index (χ0n) is 16.9. The summed E-state index contributed by atoms with van der Waals surface area (Å²) in [5, 5.41) is 3.25. The van der Waals surface area contributed by atoms with Crippen molar-refractivity contribution in [3.8, 4) is 11.3 Å². The molecule has 1 amide bonds. The molecule has 0 spiro atoms. The van der Waals surface area contributed by atoms with Crippen molar-refractivity contribution < 1.29 is 4.79 Å². The van der Waals surface area contributed by atoms with E-state index >= 15 is 0 Å². The number of anilines is 1. The van der Waals surface area contributed by atoms with Crippen LogP contribution in [0, 0.1) is 30.1 Å². The van der Waals surface area contributed by atoms with Crippen molar-refractivity contribution in [1.82, 2.24) is 9.38 Å². The first-order chi connectivity index (χ1) is 14.1. The Balaban J connectivity index is 1.22. The molecule has 1 aromatic carbocycles. The number of fused-ring (bicyclic) bond motifs is 1. The van der Waals surface area contributed by atoms with E-state index in [4.69, 9.17) is 4.98 Å². The van der Waals surface area contributed by atoms with Gasteiger partial charge in [0.1, 0.15) is 5.65 Å². The minimum atomic E-state index is -0.105. The second-order valence-electron chi connectivity index (χ2n) is 9.78. The molecular formula is C25H27N3O. The molecule has 4 saturated carbocycles. The summed E-state index contributed by atoms with van der Waals surface area (Å²) in [6.07, 6.45) is 11.5. The highest BCUT2D eigenvalue weighted by atomic mass is 16.2. The highest BCUT2D eigenvalue weighted by molar-refractivity contribution is 5.95. The maximum Gasteiger partial charge on any atom is 0.230 e. The van der Waals surface area contributed by atoms with Crippen LogP contribution in [0.2, 0.25) is 0 Å². The summed E-state index contributed by atoms with van der Waals surface area (Å²) < 4.78 is 2.06. The molecule has 4 fully saturated rings. The first kappa shape index (κ1) is 17.3. The van der Waals surface area contributed by atoms with Crippen LogP contribution in [-0.2, 0) is 4.79 Å². The predicted octanol–water partition coefficient (Wildman–Crippen LogP) is 5.46. The van der Waals surface area contributed by atoms with Crippen molar-refractivity contribution in [2.75, 3.05) is 5.32 Å². The van der Waals surface area contributed by atoms with Crippen molar-refractivity contribution in [2.45, 2.75) is 45.4 Å². The third-order valence-electron chi connectivity index (χ3n) is 7.64. The summed E-state index contributed by atoms with van der Waals surface area (Å²) in [5.41, 5.74) is 4.97. The quantitative estimate of drug-likeness (QED) is 0.650. The molecule has 0 aliphatic heterocycles. The minimum absolute atomic E-state index is 0.105. The van der Waals surface area contributed by atoms with Gasteiger partial charge in [0.05, 0.1) is 11.1 Å². The molecule has 4 aliphatic rings. The van der Waals surface area contributed by atoms with E-state index in [2.05, 4.69) is 41.0 Å². The number of nitrogens with zero attached hydrogens (tertiary/aromatic N) is 2. The van der Waals surface area contributed by atoms with Crippen molar-refractivity contribution in [1.29, 1.82) is 0 Å². The van der Waals surface area contributed by atoms with E-state index in [1.165, 1.54) is 24.8 Å². The first-order valence-electron chi connectivity index (χ1n) is 10.9. The molecule has 2 heterocycles. The van der Waals surface area contributed by atoms with Crippen LogP contribution in [0.15, 0.2) is 48.8 Å². The number of aromatic nitrogens is 2. The molecule has 148 valence electrons. The Morgan fingerprint density at radius 1 is 1.03 bits per heavy atom. The maximum absolute atomic E-state index is 13.2. The van der Waals surface area contributed by atoms with Gasteiger partial charge in [-0.1, -0.05) is 18.2 Å². The molecule has 4 bridgehead atoms. The first-order valence-corrected chi connectivity index (χ1v) is 10.9. The summed E-state index contributed by atoms with van der Waals surface area (Å²) in [7, 11) is 0. The monoisotopic (exact) mass is 385 g/mol. The zero-order valence-corrected chi connectivity index (χ0v) is 16.9.